The van der Waals surface area contributed by atoms with E-state index in [-0.39, 0.29) is 0 Å². The van der Waals surface area contributed by atoms with Crippen molar-refractivity contribution >= 4 is 22.4 Å². The van der Waals surface area contributed by atoms with Crippen molar-refractivity contribution in [2.45, 2.75) is 57.5 Å². The van der Waals surface area contributed by atoms with Gasteiger partial charge in [-0.2, -0.15) is 0 Å². The van der Waals surface area contributed by atoms with Gasteiger partial charge in [-0.15, -0.1) is 0 Å². The predicted octanol–water partition coefficient (Wildman–Crippen LogP) is 6.89. The second kappa shape index (κ2) is 10.9. The Bertz CT molecular complexity index is 1640. The summed E-state index contributed by atoms with van der Waals surface area (Å²) in [6.45, 7) is 4.42. The zero-order valence-corrected chi connectivity index (χ0v) is 23.1. The maximum Gasteiger partial charge on any atom is 0.0900 e. The number of likely N-dealkylation sites (tertiary alicyclic amines) is 1. The molecule has 7 rings (SSSR count). The number of nitrogens with one attached hydrogen (secondary N) is 1. The summed E-state index contributed by atoms with van der Waals surface area (Å²) < 4.78 is 2.33. The fourth-order valence-corrected chi connectivity index (χ4v) is 6.46. The molecule has 6 heteroatoms. The minimum Gasteiger partial charge on any atom is -0.352 e. The van der Waals surface area contributed by atoms with E-state index in [2.05, 4.69) is 87.4 Å². The van der Waals surface area contributed by atoms with Crippen LogP contribution in [0.4, 0.5) is 11.4 Å². The van der Waals surface area contributed by atoms with Gasteiger partial charge in [-0.3, -0.25) is 9.98 Å². The van der Waals surface area contributed by atoms with Crippen molar-refractivity contribution in [2.75, 3.05) is 18.4 Å². The number of benzene rings is 3. The first-order valence-corrected chi connectivity index (χ1v) is 14.7. The Balaban J connectivity index is 1.36. The molecular weight excluding hydrogens is 492 g/mol. The number of pyridine rings is 1. The van der Waals surface area contributed by atoms with Gasteiger partial charge in [-0.25, -0.2) is 4.98 Å². The standard InChI is InChI=1S/C34H36N6/c1-24-12-14-28(15-13-24)40-33-11-5-4-10-29(33)38-32-21-30(37-26-7-6-18-35-23-26)31(22-34(32)40)36-25-16-19-39(20-17-25)27-8-2-3-9-27/h4-7,10-15,18,21-23,25,27,37H,2-3,8-9,16-17,19-20H2,1H3. The van der Waals surface area contributed by atoms with E-state index in [0.717, 1.165) is 76.8 Å². The molecule has 40 heavy (non-hydrogen) atoms. The molecule has 3 heterocycles. The Hall–Kier alpha value is -4.03. The number of aryl methyl sites for hydroxylation is 1. The highest BCUT2D eigenvalue weighted by Gasteiger charge is 2.27. The number of hydrogen-bond donors (Lipinski definition) is 1. The van der Waals surface area contributed by atoms with Gasteiger partial charge in [-0.1, -0.05) is 42.7 Å². The number of fused-ring (bicyclic) bond motifs is 2. The van der Waals surface area contributed by atoms with Gasteiger partial charge in [0.1, 0.15) is 0 Å². The normalized spacial score (nSPS) is 17.7. The number of aromatic nitrogens is 3. The van der Waals surface area contributed by atoms with Gasteiger partial charge in [0, 0.05) is 31.0 Å². The lowest BCUT2D eigenvalue weighted by atomic mass is 10.0. The molecule has 1 saturated carbocycles. The van der Waals surface area contributed by atoms with Crippen molar-refractivity contribution in [3.05, 3.63) is 96.1 Å². The van der Waals surface area contributed by atoms with Crippen molar-refractivity contribution in [2.24, 2.45) is 4.99 Å². The lowest BCUT2D eigenvalue weighted by Gasteiger charge is -2.34. The molecule has 0 radical (unpaired) electrons. The second-order valence-corrected chi connectivity index (χ2v) is 11.3. The van der Waals surface area contributed by atoms with Crippen LogP contribution in [0.15, 0.2) is 90.2 Å². The molecule has 1 aromatic heterocycles. The number of anilines is 2. The van der Waals surface area contributed by atoms with E-state index in [1.54, 1.807) is 6.20 Å². The molecule has 0 spiro atoms. The molecule has 0 bridgehead atoms. The molecule has 1 saturated heterocycles. The third-order valence-corrected chi connectivity index (χ3v) is 8.59. The van der Waals surface area contributed by atoms with Gasteiger partial charge in [0.15, 0.2) is 0 Å². The van der Waals surface area contributed by atoms with Gasteiger partial charge in [0.05, 0.1) is 51.4 Å². The molecule has 2 aliphatic heterocycles. The molecule has 4 aliphatic rings. The fraction of sp³-hybridized carbons (Fsp3) is 0.324. The molecule has 0 atom stereocenters. The highest BCUT2D eigenvalue weighted by atomic mass is 15.2. The lowest BCUT2D eigenvalue weighted by molar-refractivity contribution is 0.154. The molecule has 2 fully saturated rings. The maximum atomic E-state index is 5.40. The van der Waals surface area contributed by atoms with E-state index >= 15 is 0 Å². The number of piperidine rings is 1. The van der Waals surface area contributed by atoms with Crippen LogP contribution in [0.25, 0.3) is 28.1 Å². The zero-order valence-electron chi connectivity index (χ0n) is 23.1. The smallest absolute Gasteiger partial charge is 0.0900 e. The van der Waals surface area contributed by atoms with Gasteiger partial charge >= 0.3 is 0 Å². The minimum atomic E-state index is 0.311. The summed E-state index contributed by atoms with van der Waals surface area (Å²) in [5, 5.41) is 4.59. The summed E-state index contributed by atoms with van der Waals surface area (Å²) in [7, 11) is 0. The SMILES string of the molecule is Cc1ccc(-n2c3cc(=NC4CCN(C5CCCC5)CC4)c(Nc4cccnc4)cc-3nc3ccccc32)cc1. The van der Waals surface area contributed by atoms with E-state index < -0.39 is 0 Å². The average molecular weight is 529 g/mol. The summed E-state index contributed by atoms with van der Waals surface area (Å²) in [6, 6.07) is 26.6. The van der Waals surface area contributed by atoms with E-state index in [4.69, 9.17) is 9.98 Å². The van der Waals surface area contributed by atoms with Crippen LogP contribution < -0.4 is 10.7 Å². The Labute approximate surface area is 235 Å². The molecule has 1 N–H and O–H groups in total. The summed E-state index contributed by atoms with van der Waals surface area (Å²) in [4.78, 5) is 17.5. The maximum absolute atomic E-state index is 5.40. The lowest BCUT2D eigenvalue weighted by Crippen LogP contribution is -2.41. The monoisotopic (exact) mass is 528 g/mol. The van der Waals surface area contributed by atoms with Gasteiger partial charge in [0.2, 0.25) is 0 Å². The molecule has 202 valence electrons. The first kappa shape index (κ1) is 25.0. The summed E-state index contributed by atoms with van der Waals surface area (Å²) in [6.07, 6.45) is 11.4. The number of nitrogens with zero attached hydrogens (tertiary/aromatic N) is 5. The molecular formula is C34H36N6. The van der Waals surface area contributed by atoms with Gasteiger partial charge in [-0.05, 0) is 81.1 Å². The Morgan fingerprint density at radius 3 is 2.45 bits per heavy atom. The predicted molar refractivity (Wildman–Crippen MR) is 162 cm³/mol. The Morgan fingerprint density at radius 2 is 1.68 bits per heavy atom. The Kier molecular flexibility index (Phi) is 6.78. The third-order valence-electron chi connectivity index (χ3n) is 8.59. The molecule has 6 nitrogen and oxygen atoms in total. The van der Waals surface area contributed by atoms with Crippen LogP contribution in [0, 0.1) is 6.92 Å². The highest BCUT2D eigenvalue weighted by molar-refractivity contribution is 5.84. The van der Waals surface area contributed by atoms with Crippen molar-refractivity contribution in [3.8, 4) is 17.1 Å². The largest absolute Gasteiger partial charge is 0.352 e. The van der Waals surface area contributed by atoms with Crippen LogP contribution in [-0.2, 0) is 0 Å². The van der Waals surface area contributed by atoms with Crippen molar-refractivity contribution in [3.63, 3.8) is 0 Å². The number of rotatable bonds is 5. The topological polar surface area (TPSA) is 58.3 Å². The molecule has 0 amide bonds. The molecule has 2 aliphatic carbocycles. The molecule has 3 aromatic rings. The molecule has 0 unspecified atom stereocenters. The zero-order chi connectivity index (χ0) is 26.9. The van der Waals surface area contributed by atoms with Gasteiger partial charge < -0.3 is 14.8 Å². The third kappa shape index (κ3) is 5.00. The number of para-hydroxylation sites is 2. The first-order chi connectivity index (χ1) is 19.7. The van der Waals surface area contributed by atoms with E-state index in [9.17, 15) is 0 Å². The Morgan fingerprint density at radius 1 is 0.875 bits per heavy atom. The van der Waals surface area contributed by atoms with Crippen molar-refractivity contribution in [1.82, 2.24) is 19.4 Å². The van der Waals surface area contributed by atoms with Crippen LogP contribution in [0.3, 0.4) is 0 Å². The van der Waals surface area contributed by atoms with Crippen LogP contribution in [-0.4, -0.2) is 44.6 Å². The van der Waals surface area contributed by atoms with Crippen LogP contribution in [0.5, 0.6) is 0 Å². The van der Waals surface area contributed by atoms with E-state index in [1.165, 1.54) is 31.2 Å². The average Bonchev–Trinajstić information content (AvgIpc) is 3.53. The summed E-state index contributed by atoms with van der Waals surface area (Å²) in [5.74, 6) is 0. The second-order valence-electron chi connectivity index (χ2n) is 11.3. The van der Waals surface area contributed by atoms with E-state index in [1.807, 2.05) is 18.3 Å². The van der Waals surface area contributed by atoms with Crippen LogP contribution in [0.2, 0.25) is 0 Å². The van der Waals surface area contributed by atoms with Crippen molar-refractivity contribution < 1.29 is 0 Å². The summed E-state index contributed by atoms with van der Waals surface area (Å²) in [5.41, 5.74) is 8.32. The summed E-state index contributed by atoms with van der Waals surface area (Å²) >= 11 is 0. The molecule has 2 aromatic carbocycles. The van der Waals surface area contributed by atoms with Crippen LogP contribution in [0.1, 0.15) is 44.1 Å². The highest BCUT2D eigenvalue weighted by Crippen LogP contribution is 2.31. The fourth-order valence-electron chi connectivity index (χ4n) is 6.46. The van der Waals surface area contributed by atoms with Crippen molar-refractivity contribution in [1.29, 1.82) is 0 Å². The van der Waals surface area contributed by atoms with Crippen LogP contribution >= 0.6 is 0 Å². The van der Waals surface area contributed by atoms with E-state index in [0.29, 0.717) is 6.04 Å². The van der Waals surface area contributed by atoms with Gasteiger partial charge in [0.25, 0.3) is 0 Å². The number of hydrogen-bond acceptors (Lipinski definition) is 5. The minimum absolute atomic E-state index is 0.311. The first-order valence-electron chi connectivity index (χ1n) is 14.7. The quantitative estimate of drug-likeness (QED) is 0.253.